The van der Waals surface area contributed by atoms with Gasteiger partial charge in [0.2, 0.25) is 0 Å². The van der Waals surface area contributed by atoms with Crippen LogP contribution in [0, 0.1) is 0 Å². The molecule has 7 heteroatoms. The minimum Gasteiger partial charge on any atom is -0.370 e. The number of halogens is 1. The van der Waals surface area contributed by atoms with Crippen LogP contribution in [0.15, 0.2) is 41.7 Å². The van der Waals surface area contributed by atoms with E-state index in [1.807, 2.05) is 34.9 Å². The van der Waals surface area contributed by atoms with Gasteiger partial charge in [-0.25, -0.2) is 0 Å². The van der Waals surface area contributed by atoms with Crippen molar-refractivity contribution in [2.24, 2.45) is 10.7 Å². The number of aliphatic imine (C=N–C) groups is 1. The number of benzene rings is 1. The Kier molecular flexibility index (Phi) is 5.56. The van der Waals surface area contributed by atoms with Gasteiger partial charge in [-0.15, -0.1) is 34.2 Å². The lowest BCUT2D eigenvalue weighted by atomic mass is 10.3. The van der Waals surface area contributed by atoms with Gasteiger partial charge in [0.1, 0.15) is 6.33 Å². The molecule has 0 fully saturated rings. The fraction of sp³-hybridized carbons (Fsp3) is 0.182. The van der Waals surface area contributed by atoms with Gasteiger partial charge in [0.05, 0.1) is 6.54 Å². The van der Waals surface area contributed by atoms with E-state index in [0.717, 1.165) is 11.5 Å². The summed E-state index contributed by atoms with van der Waals surface area (Å²) in [6, 6.07) is 9.88. The zero-order chi connectivity index (χ0) is 12.1. The average molecular weight is 358 g/mol. The second-order valence-corrected chi connectivity index (χ2v) is 3.42. The summed E-state index contributed by atoms with van der Waals surface area (Å²) in [5.74, 6) is 1.16. The third kappa shape index (κ3) is 3.42. The number of rotatable bonds is 3. The normalized spacial score (nSPS) is 10.8. The average Bonchev–Trinajstić information content (AvgIpc) is 2.85. The Hall–Kier alpha value is -1.64. The molecule has 0 radical (unpaired) electrons. The lowest BCUT2D eigenvalue weighted by Gasteiger charge is -2.07. The molecule has 18 heavy (non-hydrogen) atoms. The van der Waals surface area contributed by atoms with E-state index in [4.69, 9.17) is 5.73 Å². The molecule has 0 amide bonds. The fourth-order valence-electron chi connectivity index (χ4n) is 1.43. The molecule has 1 heterocycles. The maximum Gasteiger partial charge on any atom is 0.188 e. The molecule has 0 saturated heterocycles. The summed E-state index contributed by atoms with van der Waals surface area (Å²) in [7, 11) is 1.63. The van der Waals surface area contributed by atoms with E-state index >= 15 is 0 Å². The zero-order valence-electron chi connectivity index (χ0n) is 9.95. The van der Waals surface area contributed by atoms with Crippen LogP contribution < -0.4 is 11.1 Å². The van der Waals surface area contributed by atoms with Gasteiger partial charge in [-0.1, -0.05) is 18.2 Å². The van der Waals surface area contributed by atoms with Crippen LogP contribution >= 0.6 is 24.0 Å². The molecule has 0 aliphatic carbocycles. The molecule has 6 nitrogen and oxygen atoms in total. The fourth-order valence-corrected chi connectivity index (χ4v) is 1.43. The highest BCUT2D eigenvalue weighted by Gasteiger charge is 2.05. The molecule has 1 aromatic heterocycles. The number of aromatic nitrogens is 3. The molecule has 0 spiro atoms. The number of nitrogens with zero attached hydrogens (tertiary/aromatic N) is 4. The van der Waals surface area contributed by atoms with Gasteiger partial charge in [0, 0.05) is 12.7 Å². The van der Waals surface area contributed by atoms with Crippen LogP contribution in [0.25, 0.3) is 5.69 Å². The van der Waals surface area contributed by atoms with Crippen molar-refractivity contribution in [3.8, 4) is 5.69 Å². The molecule has 1 aromatic carbocycles. The van der Waals surface area contributed by atoms with Crippen LogP contribution in [0.2, 0.25) is 0 Å². The van der Waals surface area contributed by atoms with Gasteiger partial charge in [0.15, 0.2) is 11.8 Å². The first kappa shape index (κ1) is 14.4. The van der Waals surface area contributed by atoms with Crippen molar-refractivity contribution in [2.45, 2.75) is 6.54 Å². The lowest BCUT2D eigenvalue weighted by molar-refractivity contribution is 0.787. The molecule has 0 bridgehead atoms. The van der Waals surface area contributed by atoms with Crippen LogP contribution in [0.1, 0.15) is 5.82 Å². The van der Waals surface area contributed by atoms with E-state index in [1.165, 1.54) is 0 Å². The number of nitrogens with two attached hydrogens (primary N) is 1. The Balaban J connectivity index is 0.00000162. The first-order chi connectivity index (χ1) is 8.31. The Labute approximate surface area is 122 Å². The lowest BCUT2D eigenvalue weighted by Crippen LogP contribution is -2.31. The Morgan fingerprint density at radius 1 is 1.39 bits per heavy atom. The third-order valence-electron chi connectivity index (χ3n) is 2.32. The second kappa shape index (κ2) is 6.94. The Morgan fingerprint density at radius 3 is 2.78 bits per heavy atom. The monoisotopic (exact) mass is 358 g/mol. The van der Waals surface area contributed by atoms with Gasteiger partial charge in [0.25, 0.3) is 0 Å². The van der Waals surface area contributed by atoms with Crippen molar-refractivity contribution >= 4 is 29.9 Å². The van der Waals surface area contributed by atoms with Crippen LogP contribution in [0.3, 0.4) is 0 Å². The van der Waals surface area contributed by atoms with E-state index < -0.39 is 0 Å². The molecule has 0 aliphatic heterocycles. The maximum absolute atomic E-state index is 5.56. The molecule has 0 saturated carbocycles. The highest BCUT2D eigenvalue weighted by atomic mass is 127. The second-order valence-electron chi connectivity index (χ2n) is 3.42. The Morgan fingerprint density at radius 2 is 2.11 bits per heavy atom. The molecule has 0 unspecified atom stereocenters. The predicted octanol–water partition coefficient (Wildman–Crippen LogP) is 0.919. The van der Waals surface area contributed by atoms with Crippen LogP contribution in [-0.4, -0.2) is 27.8 Å². The standard InChI is InChI=1S/C11H14N6.HI/c1-13-11(12)14-7-10-16-15-8-17(10)9-5-3-2-4-6-9;/h2-6,8H,7H2,1H3,(H3,12,13,14);1H. The summed E-state index contributed by atoms with van der Waals surface area (Å²) < 4.78 is 1.90. The molecule has 0 atom stereocenters. The van der Waals surface area contributed by atoms with Crippen LogP contribution in [0.5, 0.6) is 0 Å². The van der Waals surface area contributed by atoms with Gasteiger partial charge < -0.3 is 11.1 Å². The van der Waals surface area contributed by atoms with Crippen molar-refractivity contribution in [2.75, 3.05) is 7.05 Å². The number of hydrogen-bond donors (Lipinski definition) is 2. The van der Waals surface area contributed by atoms with Crippen molar-refractivity contribution in [1.82, 2.24) is 20.1 Å². The third-order valence-corrected chi connectivity index (χ3v) is 2.32. The van der Waals surface area contributed by atoms with Crippen LogP contribution in [0.4, 0.5) is 0 Å². The van der Waals surface area contributed by atoms with E-state index in [9.17, 15) is 0 Å². The zero-order valence-corrected chi connectivity index (χ0v) is 12.3. The minimum atomic E-state index is 0. The van der Waals surface area contributed by atoms with Gasteiger partial charge in [-0.3, -0.25) is 9.56 Å². The van der Waals surface area contributed by atoms with Gasteiger partial charge in [-0.2, -0.15) is 0 Å². The van der Waals surface area contributed by atoms with E-state index in [-0.39, 0.29) is 24.0 Å². The number of guanidine groups is 1. The largest absolute Gasteiger partial charge is 0.370 e. The predicted molar refractivity (Wildman–Crippen MR) is 81.2 cm³/mol. The summed E-state index contributed by atoms with van der Waals surface area (Å²) in [5, 5.41) is 10.9. The molecule has 2 aromatic rings. The van der Waals surface area contributed by atoms with Crippen molar-refractivity contribution in [3.63, 3.8) is 0 Å². The van der Waals surface area contributed by atoms with Gasteiger partial charge >= 0.3 is 0 Å². The van der Waals surface area contributed by atoms with Crippen molar-refractivity contribution in [3.05, 3.63) is 42.5 Å². The summed E-state index contributed by atoms with van der Waals surface area (Å²) in [4.78, 5) is 3.82. The first-order valence-electron chi connectivity index (χ1n) is 5.21. The molecule has 2 rings (SSSR count). The van der Waals surface area contributed by atoms with Gasteiger partial charge in [-0.05, 0) is 12.1 Å². The summed E-state index contributed by atoms with van der Waals surface area (Å²) in [6.07, 6.45) is 1.67. The first-order valence-corrected chi connectivity index (χ1v) is 5.21. The maximum atomic E-state index is 5.56. The molecule has 0 aliphatic rings. The smallest absolute Gasteiger partial charge is 0.188 e. The summed E-state index contributed by atoms with van der Waals surface area (Å²) in [6.45, 7) is 0.484. The molecular formula is C11H15IN6. The highest BCUT2D eigenvalue weighted by Crippen LogP contribution is 2.08. The molecular weight excluding hydrogens is 343 g/mol. The van der Waals surface area contributed by atoms with Crippen molar-refractivity contribution in [1.29, 1.82) is 0 Å². The van der Waals surface area contributed by atoms with E-state index in [2.05, 4.69) is 20.5 Å². The van der Waals surface area contributed by atoms with Crippen molar-refractivity contribution < 1.29 is 0 Å². The highest BCUT2D eigenvalue weighted by molar-refractivity contribution is 14.0. The Bertz CT molecular complexity index is 507. The molecule has 96 valence electrons. The minimum absolute atomic E-state index is 0. The SMILES string of the molecule is CN=C(N)NCc1nncn1-c1ccccc1.I. The summed E-state index contributed by atoms with van der Waals surface area (Å²) in [5.41, 5.74) is 6.57. The summed E-state index contributed by atoms with van der Waals surface area (Å²) >= 11 is 0. The number of nitrogens with one attached hydrogen (secondary N) is 1. The molecule has 3 N–H and O–H groups in total. The van der Waals surface area contributed by atoms with E-state index in [1.54, 1.807) is 13.4 Å². The number of para-hydroxylation sites is 1. The number of hydrogen-bond acceptors (Lipinski definition) is 3. The topological polar surface area (TPSA) is 81.1 Å². The quantitative estimate of drug-likeness (QED) is 0.486. The van der Waals surface area contributed by atoms with Crippen LogP contribution in [-0.2, 0) is 6.54 Å². The van der Waals surface area contributed by atoms with E-state index in [0.29, 0.717) is 12.5 Å².